The van der Waals surface area contributed by atoms with Gasteiger partial charge >= 0.3 is 0 Å². The summed E-state index contributed by atoms with van der Waals surface area (Å²) in [6, 6.07) is 10.5. The van der Waals surface area contributed by atoms with E-state index in [1.54, 1.807) is 0 Å². The van der Waals surface area contributed by atoms with E-state index in [2.05, 4.69) is 17.0 Å². The first-order valence-corrected chi connectivity index (χ1v) is 10.7. The van der Waals surface area contributed by atoms with Crippen LogP contribution in [0.2, 0.25) is 0 Å². The number of amides is 1. The van der Waals surface area contributed by atoms with Crippen LogP contribution in [-0.4, -0.2) is 91.2 Å². The Bertz CT molecular complexity index is 652. The molecule has 3 saturated heterocycles. The third kappa shape index (κ3) is 5.55. The highest BCUT2D eigenvalue weighted by Crippen LogP contribution is 2.29. The molecule has 160 valence electrons. The molecule has 7 nitrogen and oxygen atoms in total. The zero-order chi connectivity index (χ0) is 20.1. The predicted molar refractivity (Wildman–Crippen MR) is 107 cm³/mol. The number of rotatable bonds is 4. The van der Waals surface area contributed by atoms with Crippen molar-refractivity contribution in [1.82, 2.24) is 9.80 Å². The molecule has 4 atom stereocenters. The van der Waals surface area contributed by atoms with Gasteiger partial charge in [0.15, 0.2) is 0 Å². The number of aliphatic hydroxyl groups is 1. The van der Waals surface area contributed by atoms with Crippen molar-refractivity contribution in [3.63, 3.8) is 0 Å². The van der Waals surface area contributed by atoms with Crippen LogP contribution in [0.25, 0.3) is 0 Å². The van der Waals surface area contributed by atoms with Crippen LogP contribution in [0.5, 0.6) is 0 Å². The van der Waals surface area contributed by atoms with Gasteiger partial charge in [-0.1, -0.05) is 30.3 Å². The summed E-state index contributed by atoms with van der Waals surface area (Å²) in [6.07, 6.45) is 1.55. The molecule has 1 amide bonds. The molecule has 3 heterocycles. The monoisotopic (exact) mass is 404 g/mol. The third-order valence-corrected chi connectivity index (χ3v) is 6.08. The number of β-amino-alcohol motifs (C(OH)–C–C–N with tert-alkyl or cyclic N) is 1. The van der Waals surface area contributed by atoms with Crippen LogP contribution >= 0.6 is 0 Å². The lowest BCUT2D eigenvalue weighted by molar-refractivity contribution is -0.162. The Hall–Kier alpha value is -1.51. The van der Waals surface area contributed by atoms with Crippen molar-refractivity contribution in [3.05, 3.63) is 35.9 Å². The quantitative estimate of drug-likeness (QED) is 0.809. The lowest BCUT2D eigenvalue weighted by Crippen LogP contribution is -2.55. The first kappa shape index (κ1) is 20.8. The molecule has 1 N–H and O–H groups in total. The molecule has 4 rings (SSSR count). The predicted octanol–water partition coefficient (Wildman–Crippen LogP) is 1.04. The van der Waals surface area contributed by atoms with Crippen LogP contribution in [0, 0.1) is 0 Å². The van der Waals surface area contributed by atoms with E-state index in [4.69, 9.17) is 14.2 Å². The molecule has 1 aromatic rings. The molecule has 3 aliphatic heterocycles. The first-order chi connectivity index (χ1) is 14.2. The van der Waals surface area contributed by atoms with Crippen LogP contribution in [-0.2, 0) is 25.5 Å². The molecular formula is C22H32N2O5. The molecule has 7 heteroatoms. The van der Waals surface area contributed by atoms with Crippen LogP contribution in [0.4, 0.5) is 0 Å². The summed E-state index contributed by atoms with van der Waals surface area (Å²) in [4.78, 5) is 16.8. The molecule has 0 aromatic heterocycles. The second-order valence-electron chi connectivity index (χ2n) is 8.24. The fraction of sp³-hybridized carbons (Fsp3) is 0.682. The van der Waals surface area contributed by atoms with Crippen molar-refractivity contribution in [2.24, 2.45) is 0 Å². The highest BCUT2D eigenvalue weighted by Gasteiger charge is 2.38. The average Bonchev–Trinajstić information content (AvgIpc) is 2.74. The maximum absolute atomic E-state index is 12.6. The Kier molecular flexibility index (Phi) is 7.15. The lowest BCUT2D eigenvalue weighted by atomic mass is 9.94. The normalized spacial score (nSPS) is 31.6. The van der Waals surface area contributed by atoms with Gasteiger partial charge in [-0.3, -0.25) is 9.69 Å². The first-order valence-electron chi connectivity index (χ1n) is 10.7. The molecule has 0 aliphatic carbocycles. The van der Waals surface area contributed by atoms with Gasteiger partial charge in [0.2, 0.25) is 5.91 Å². The van der Waals surface area contributed by atoms with E-state index in [9.17, 15) is 9.90 Å². The molecule has 0 bridgehead atoms. The van der Waals surface area contributed by atoms with Gasteiger partial charge in [0.05, 0.1) is 51.2 Å². The SMILES string of the molecule is O=C(C[C@@H]1CC[C@H]2[C@@H](COC[C@H](O)CN2Cc2ccccc2)O1)N1CCOCC1. The molecule has 3 aliphatic rings. The number of carbonyl (C=O) groups is 1. The number of benzene rings is 1. The fourth-order valence-corrected chi connectivity index (χ4v) is 4.58. The highest BCUT2D eigenvalue weighted by molar-refractivity contribution is 5.76. The number of carbonyl (C=O) groups excluding carboxylic acids is 1. The zero-order valence-electron chi connectivity index (χ0n) is 16.9. The number of fused-ring (bicyclic) bond motifs is 1. The zero-order valence-corrected chi connectivity index (χ0v) is 16.9. The van der Waals surface area contributed by atoms with Gasteiger partial charge in [-0.2, -0.15) is 0 Å². The minimum atomic E-state index is -0.500. The Morgan fingerprint density at radius 2 is 1.86 bits per heavy atom. The van der Waals surface area contributed by atoms with E-state index in [1.165, 1.54) is 5.56 Å². The third-order valence-electron chi connectivity index (χ3n) is 6.08. The number of nitrogens with zero attached hydrogens (tertiary/aromatic N) is 2. The summed E-state index contributed by atoms with van der Waals surface area (Å²) < 4.78 is 17.4. The maximum Gasteiger partial charge on any atom is 0.225 e. The van der Waals surface area contributed by atoms with Crippen molar-refractivity contribution in [2.45, 2.75) is 50.2 Å². The second-order valence-corrected chi connectivity index (χ2v) is 8.24. The highest BCUT2D eigenvalue weighted by atomic mass is 16.5. The second kappa shape index (κ2) is 10.00. The van der Waals surface area contributed by atoms with Crippen LogP contribution in [0.15, 0.2) is 30.3 Å². The van der Waals surface area contributed by atoms with Gasteiger partial charge < -0.3 is 24.2 Å². The standard InChI is InChI=1S/C22H32N2O5/c25-18-14-24(13-17-4-2-1-3-5-17)20-7-6-19(29-21(20)16-28-15-18)12-22(26)23-8-10-27-11-9-23/h1-5,18-21,25H,6-16H2/t18-,19+,20+,21-/m1/s1. The minimum Gasteiger partial charge on any atom is -0.389 e. The summed E-state index contributed by atoms with van der Waals surface area (Å²) >= 11 is 0. The van der Waals surface area contributed by atoms with Gasteiger partial charge in [-0.15, -0.1) is 0 Å². The smallest absolute Gasteiger partial charge is 0.225 e. The van der Waals surface area contributed by atoms with Gasteiger partial charge in [-0.25, -0.2) is 0 Å². The molecule has 0 unspecified atom stereocenters. The fourth-order valence-electron chi connectivity index (χ4n) is 4.58. The van der Waals surface area contributed by atoms with Gasteiger partial charge in [0, 0.05) is 32.2 Å². The molecular weight excluding hydrogens is 372 g/mol. The van der Waals surface area contributed by atoms with Crippen LogP contribution < -0.4 is 0 Å². The number of ether oxygens (including phenoxy) is 3. The van der Waals surface area contributed by atoms with Crippen LogP contribution in [0.3, 0.4) is 0 Å². The van der Waals surface area contributed by atoms with Crippen molar-refractivity contribution in [3.8, 4) is 0 Å². The summed E-state index contributed by atoms with van der Waals surface area (Å²) in [6.45, 7) is 4.69. The number of aliphatic hydroxyl groups excluding tert-OH is 1. The van der Waals surface area contributed by atoms with E-state index in [-0.39, 0.29) is 24.2 Å². The Labute approximate surface area is 172 Å². The Balaban J connectivity index is 1.39. The van der Waals surface area contributed by atoms with E-state index < -0.39 is 6.10 Å². The molecule has 0 radical (unpaired) electrons. The number of morpholine rings is 1. The van der Waals surface area contributed by atoms with Crippen molar-refractivity contribution in [2.75, 3.05) is 46.1 Å². The van der Waals surface area contributed by atoms with Crippen molar-refractivity contribution in [1.29, 1.82) is 0 Å². The van der Waals surface area contributed by atoms with E-state index in [1.807, 2.05) is 23.1 Å². The summed E-state index contributed by atoms with van der Waals surface area (Å²) in [5.41, 5.74) is 1.23. The van der Waals surface area contributed by atoms with Crippen LogP contribution in [0.1, 0.15) is 24.8 Å². The molecule has 3 fully saturated rings. The Morgan fingerprint density at radius 1 is 1.07 bits per heavy atom. The van der Waals surface area contributed by atoms with Crippen molar-refractivity contribution < 1.29 is 24.1 Å². The lowest BCUT2D eigenvalue weighted by Gasteiger charge is -2.44. The van der Waals surface area contributed by atoms with Crippen molar-refractivity contribution >= 4 is 5.91 Å². The maximum atomic E-state index is 12.6. The average molecular weight is 405 g/mol. The van der Waals surface area contributed by atoms with Gasteiger partial charge in [0.25, 0.3) is 0 Å². The molecule has 1 aromatic carbocycles. The minimum absolute atomic E-state index is 0.0712. The number of hydrogen-bond acceptors (Lipinski definition) is 6. The summed E-state index contributed by atoms with van der Waals surface area (Å²) in [7, 11) is 0. The molecule has 29 heavy (non-hydrogen) atoms. The molecule has 0 saturated carbocycles. The van der Waals surface area contributed by atoms with E-state index >= 15 is 0 Å². The number of hydrogen-bond donors (Lipinski definition) is 1. The largest absolute Gasteiger partial charge is 0.389 e. The molecule has 0 spiro atoms. The van der Waals surface area contributed by atoms with E-state index in [0.29, 0.717) is 52.5 Å². The van der Waals surface area contributed by atoms with Gasteiger partial charge in [-0.05, 0) is 18.4 Å². The van der Waals surface area contributed by atoms with E-state index in [0.717, 1.165) is 19.4 Å². The topological polar surface area (TPSA) is 71.5 Å². The summed E-state index contributed by atoms with van der Waals surface area (Å²) in [5.74, 6) is 0.153. The Morgan fingerprint density at radius 3 is 2.66 bits per heavy atom. The summed E-state index contributed by atoms with van der Waals surface area (Å²) in [5, 5.41) is 10.3. The van der Waals surface area contributed by atoms with Gasteiger partial charge in [0.1, 0.15) is 0 Å².